The van der Waals surface area contributed by atoms with E-state index in [1.54, 1.807) is 25.1 Å². The molecule has 0 spiro atoms. The quantitative estimate of drug-likeness (QED) is 0.774. The first-order valence-electron chi connectivity index (χ1n) is 7.86. The van der Waals surface area contributed by atoms with Gasteiger partial charge in [-0.05, 0) is 37.5 Å². The third-order valence-electron chi connectivity index (χ3n) is 4.33. The van der Waals surface area contributed by atoms with Gasteiger partial charge in [-0.15, -0.1) is 0 Å². The highest BCUT2D eigenvalue weighted by atomic mass is 32.2. The molecule has 136 valence electrons. The average Bonchev–Trinajstić information content (AvgIpc) is 2.56. The number of hydrogen-bond donors (Lipinski definition) is 2. The summed E-state index contributed by atoms with van der Waals surface area (Å²) in [5, 5.41) is 12.0. The number of allylic oxidation sites excluding steroid dienone is 2. The summed E-state index contributed by atoms with van der Waals surface area (Å²) in [5.41, 5.74) is 1.07. The minimum absolute atomic E-state index is 0.0664. The number of carboxylic acids is 1. The Balaban J connectivity index is 2.29. The van der Waals surface area contributed by atoms with Crippen LogP contribution in [0, 0.1) is 18.8 Å². The number of amides is 1. The molecule has 1 aromatic carbocycles. The van der Waals surface area contributed by atoms with Crippen molar-refractivity contribution in [2.75, 3.05) is 19.4 Å². The summed E-state index contributed by atoms with van der Waals surface area (Å²) >= 11 is 0. The molecule has 0 bridgehead atoms. The first-order chi connectivity index (χ1) is 11.6. The number of aryl methyl sites for hydroxylation is 1. The smallest absolute Gasteiger partial charge is 0.307 e. The molecular weight excluding hydrogens is 344 g/mol. The molecule has 1 aliphatic carbocycles. The zero-order valence-electron chi connectivity index (χ0n) is 14.4. The van der Waals surface area contributed by atoms with Crippen LogP contribution in [0.5, 0.6) is 0 Å². The van der Waals surface area contributed by atoms with E-state index in [1.807, 2.05) is 0 Å². The fraction of sp³-hybridized carbons (Fsp3) is 0.412. The number of anilines is 1. The SMILES string of the molecule is Cc1ccc(S(=O)(=O)N(C)C)cc1NC(=O)[C@H]1CC=CC[C@H]1C(=O)O. The summed E-state index contributed by atoms with van der Waals surface area (Å²) in [6.07, 6.45) is 4.21. The Morgan fingerprint density at radius 1 is 1.16 bits per heavy atom. The van der Waals surface area contributed by atoms with Crippen molar-refractivity contribution in [3.8, 4) is 0 Å². The van der Waals surface area contributed by atoms with Gasteiger partial charge in [0.05, 0.1) is 16.7 Å². The van der Waals surface area contributed by atoms with Crippen molar-refractivity contribution in [1.82, 2.24) is 4.31 Å². The highest BCUT2D eigenvalue weighted by molar-refractivity contribution is 7.89. The second kappa shape index (κ2) is 7.37. The van der Waals surface area contributed by atoms with E-state index in [0.29, 0.717) is 24.1 Å². The third kappa shape index (κ3) is 4.08. The molecule has 0 heterocycles. The van der Waals surface area contributed by atoms with Crippen molar-refractivity contribution in [1.29, 1.82) is 0 Å². The predicted octanol–water partition coefficient (Wildman–Crippen LogP) is 1.85. The molecule has 0 saturated heterocycles. The molecule has 0 aliphatic heterocycles. The topological polar surface area (TPSA) is 104 Å². The summed E-state index contributed by atoms with van der Waals surface area (Å²) in [4.78, 5) is 24.0. The normalized spacial score (nSPS) is 20.5. The number of aliphatic carboxylic acids is 1. The number of nitrogens with zero attached hydrogens (tertiary/aromatic N) is 1. The van der Waals surface area contributed by atoms with Crippen molar-refractivity contribution in [3.05, 3.63) is 35.9 Å². The highest BCUT2D eigenvalue weighted by Crippen LogP contribution is 2.28. The zero-order chi connectivity index (χ0) is 18.8. The van der Waals surface area contributed by atoms with Gasteiger partial charge in [-0.3, -0.25) is 9.59 Å². The van der Waals surface area contributed by atoms with E-state index in [2.05, 4.69) is 5.32 Å². The monoisotopic (exact) mass is 366 g/mol. The fourth-order valence-corrected chi connectivity index (χ4v) is 3.64. The Kier molecular flexibility index (Phi) is 5.64. The summed E-state index contributed by atoms with van der Waals surface area (Å²) in [5.74, 6) is -2.89. The van der Waals surface area contributed by atoms with Gasteiger partial charge in [-0.1, -0.05) is 18.2 Å². The van der Waals surface area contributed by atoms with Crippen LogP contribution in [0.2, 0.25) is 0 Å². The van der Waals surface area contributed by atoms with Crippen molar-refractivity contribution in [2.45, 2.75) is 24.7 Å². The maximum Gasteiger partial charge on any atom is 0.307 e. The van der Waals surface area contributed by atoms with Crippen LogP contribution in [0.25, 0.3) is 0 Å². The van der Waals surface area contributed by atoms with Gasteiger partial charge in [0, 0.05) is 19.8 Å². The van der Waals surface area contributed by atoms with Crippen LogP contribution in [0.15, 0.2) is 35.2 Å². The molecule has 0 saturated carbocycles. The largest absolute Gasteiger partial charge is 0.481 e. The number of carboxylic acid groups (broad SMARTS) is 1. The molecule has 7 nitrogen and oxygen atoms in total. The molecule has 2 rings (SSSR count). The molecule has 0 unspecified atom stereocenters. The lowest BCUT2D eigenvalue weighted by molar-refractivity contribution is -0.146. The van der Waals surface area contributed by atoms with E-state index in [1.165, 1.54) is 26.2 Å². The highest BCUT2D eigenvalue weighted by Gasteiger charge is 2.34. The number of rotatable bonds is 5. The van der Waals surface area contributed by atoms with Gasteiger partial charge in [0.2, 0.25) is 15.9 Å². The second-order valence-corrected chi connectivity index (χ2v) is 8.40. The first kappa shape index (κ1) is 19.1. The Hall–Kier alpha value is -2.19. The lowest BCUT2D eigenvalue weighted by Gasteiger charge is -2.24. The third-order valence-corrected chi connectivity index (χ3v) is 6.14. The van der Waals surface area contributed by atoms with Crippen LogP contribution in [0.1, 0.15) is 18.4 Å². The number of carbonyl (C=O) groups excluding carboxylic acids is 1. The van der Waals surface area contributed by atoms with Crippen LogP contribution in [-0.2, 0) is 19.6 Å². The maximum absolute atomic E-state index is 12.6. The number of sulfonamides is 1. The number of hydrogen-bond acceptors (Lipinski definition) is 4. The van der Waals surface area contributed by atoms with Gasteiger partial charge in [0.15, 0.2) is 0 Å². The molecule has 0 aromatic heterocycles. The van der Waals surface area contributed by atoms with E-state index in [4.69, 9.17) is 0 Å². The van der Waals surface area contributed by atoms with E-state index in [0.717, 1.165) is 4.31 Å². The van der Waals surface area contributed by atoms with Gasteiger partial charge < -0.3 is 10.4 Å². The Labute approximate surface area is 147 Å². The van der Waals surface area contributed by atoms with Crippen LogP contribution in [-0.4, -0.2) is 43.8 Å². The lowest BCUT2D eigenvalue weighted by Crippen LogP contribution is -2.35. The van der Waals surface area contributed by atoms with E-state index in [-0.39, 0.29) is 4.90 Å². The standard InChI is InChI=1S/C17H22N2O5S/c1-11-8-9-12(25(23,24)19(2)3)10-15(11)18-16(20)13-6-4-5-7-14(13)17(21)22/h4-5,8-10,13-14H,6-7H2,1-3H3,(H,18,20)(H,21,22)/t13-,14+/m0/s1. The molecular formula is C17H22N2O5S. The molecule has 1 aliphatic rings. The summed E-state index contributed by atoms with van der Waals surface area (Å²) < 4.78 is 25.6. The molecule has 0 radical (unpaired) electrons. The maximum atomic E-state index is 12.6. The van der Waals surface area contributed by atoms with Gasteiger partial charge in [0.25, 0.3) is 0 Å². The van der Waals surface area contributed by atoms with E-state index in [9.17, 15) is 23.1 Å². The molecule has 2 atom stereocenters. The Morgan fingerprint density at radius 3 is 2.32 bits per heavy atom. The van der Waals surface area contributed by atoms with Gasteiger partial charge in [-0.25, -0.2) is 12.7 Å². The van der Waals surface area contributed by atoms with Gasteiger partial charge in [-0.2, -0.15) is 0 Å². The molecule has 8 heteroatoms. The average molecular weight is 366 g/mol. The van der Waals surface area contributed by atoms with Crippen LogP contribution in [0.3, 0.4) is 0 Å². The molecule has 1 aromatic rings. The molecule has 1 amide bonds. The predicted molar refractivity (Wildman–Crippen MR) is 93.7 cm³/mol. The van der Waals surface area contributed by atoms with Crippen molar-refractivity contribution in [2.24, 2.45) is 11.8 Å². The zero-order valence-corrected chi connectivity index (χ0v) is 15.2. The number of carbonyl (C=O) groups is 2. The van der Waals surface area contributed by atoms with Crippen LogP contribution < -0.4 is 5.32 Å². The minimum atomic E-state index is -3.62. The molecule has 0 fully saturated rings. The van der Waals surface area contributed by atoms with Crippen molar-refractivity contribution in [3.63, 3.8) is 0 Å². The van der Waals surface area contributed by atoms with E-state index >= 15 is 0 Å². The van der Waals surface area contributed by atoms with Gasteiger partial charge >= 0.3 is 5.97 Å². The van der Waals surface area contributed by atoms with Crippen LogP contribution in [0.4, 0.5) is 5.69 Å². The summed E-state index contributed by atoms with van der Waals surface area (Å²) in [6.45, 7) is 1.75. The van der Waals surface area contributed by atoms with Gasteiger partial charge in [0.1, 0.15) is 0 Å². The number of benzene rings is 1. The molecule has 25 heavy (non-hydrogen) atoms. The van der Waals surface area contributed by atoms with Crippen molar-refractivity contribution < 1.29 is 23.1 Å². The summed E-state index contributed by atoms with van der Waals surface area (Å²) in [6, 6.07) is 4.49. The fourth-order valence-electron chi connectivity index (χ4n) is 2.71. The Bertz CT molecular complexity index is 814. The second-order valence-electron chi connectivity index (χ2n) is 6.25. The Morgan fingerprint density at radius 2 is 1.76 bits per heavy atom. The van der Waals surface area contributed by atoms with Crippen LogP contribution >= 0.6 is 0 Å². The lowest BCUT2D eigenvalue weighted by atomic mass is 9.82. The first-order valence-corrected chi connectivity index (χ1v) is 9.30. The minimum Gasteiger partial charge on any atom is -0.481 e. The number of nitrogens with one attached hydrogen (secondary N) is 1. The van der Waals surface area contributed by atoms with Crippen molar-refractivity contribution >= 4 is 27.6 Å². The van der Waals surface area contributed by atoms with E-state index < -0.39 is 33.7 Å². The molecule has 2 N–H and O–H groups in total. The summed E-state index contributed by atoms with van der Waals surface area (Å²) in [7, 11) is -0.765.